The van der Waals surface area contributed by atoms with Crippen LogP contribution in [0.3, 0.4) is 0 Å². The second-order valence-electron chi connectivity index (χ2n) is 6.60. The molecule has 0 aliphatic heterocycles. The van der Waals surface area contributed by atoms with E-state index in [1.807, 2.05) is 13.0 Å². The van der Waals surface area contributed by atoms with Gasteiger partial charge in [0, 0.05) is 20.2 Å². The maximum Gasteiger partial charge on any atom is 0.251 e. The predicted molar refractivity (Wildman–Crippen MR) is 85.8 cm³/mol. The zero-order chi connectivity index (χ0) is 14.6. The Morgan fingerprint density at radius 1 is 1.32 bits per heavy atom. The minimum absolute atomic E-state index is 0.0314. The zero-order valence-corrected chi connectivity index (χ0v) is 14.1. The molecule has 1 atom stereocenters. The van der Waals surface area contributed by atoms with Gasteiger partial charge >= 0.3 is 0 Å². The number of hydrogen-bond acceptors (Lipinski definition) is 1. The maximum atomic E-state index is 11.9. The van der Waals surface area contributed by atoms with Crippen molar-refractivity contribution >= 4 is 14.0 Å². The molecule has 1 aromatic rings. The smallest absolute Gasteiger partial charge is 0.251 e. The molecule has 0 aromatic heterocycles. The molecule has 106 valence electrons. The quantitative estimate of drug-likeness (QED) is 0.804. The summed E-state index contributed by atoms with van der Waals surface area (Å²) in [5, 5.41) is 2.87. The minimum Gasteiger partial charge on any atom is -0.352 e. The van der Waals surface area contributed by atoms with E-state index in [2.05, 4.69) is 50.9 Å². The number of amides is 1. The van der Waals surface area contributed by atoms with Gasteiger partial charge in [0.15, 0.2) is 0 Å². The van der Waals surface area contributed by atoms with Crippen LogP contribution in [0, 0.1) is 6.92 Å². The lowest BCUT2D eigenvalue weighted by Gasteiger charge is -2.23. The minimum atomic E-state index is -1.09. The fraction of sp³-hybridized carbons (Fsp3) is 0.562. The van der Waals surface area contributed by atoms with Crippen LogP contribution in [0.1, 0.15) is 41.3 Å². The summed E-state index contributed by atoms with van der Waals surface area (Å²) in [7, 11) is -1.09. The van der Waals surface area contributed by atoms with E-state index in [-0.39, 0.29) is 5.91 Å². The van der Waals surface area contributed by atoms with E-state index < -0.39 is 8.07 Å². The molecule has 19 heavy (non-hydrogen) atoms. The SMILES string of the molecule is CCNC(=O)c1ccc(C)c(C(C)C[Si](C)(C)C)c1. The first-order chi connectivity index (χ1) is 8.74. The van der Waals surface area contributed by atoms with Gasteiger partial charge in [-0.05, 0) is 43.0 Å². The summed E-state index contributed by atoms with van der Waals surface area (Å²) < 4.78 is 0. The fourth-order valence-electron chi connectivity index (χ4n) is 2.60. The molecule has 0 aliphatic rings. The van der Waals surface area contributed by atoms with Crippen molar-refractivity contribution in [2.75, 3.05) is 6.54 Å². The Hall–Kier alpha value is -1.09. The summed E-state index contributed by atoms with van der Waals surface area (Å²) >= 11 is 0. The Morgan fingerprint density at radius 2 is 1.95 bits per heavy atom. The summed E-state index contributed by atoms with van der Waals surface area (Å²) in [4.78, 5) is 11.9. The Balaban J connectivity index is 3.00. The van der Waals surface area contributed by atoms with Crippen LogP contribution in [-0.2, 0) is 0 Å². The number of carbonyl (C=O) groups is 1. The van der Waals surface area contributed by atoms with Gasteiger partial charge in [-0.3, -0.25) is 4.79 Å². The largest absolute Gasteiger partial charge is 0.352 e. The summed E-state index contributed by atoms with van der Waals surface area (Å²) in [5.74, 6) is 0.560. The molecule has 1 rings (SSSR count). The van der Waals surface area contributed by atoms with Crippen molar-refractivity contribution in [2.24, 2.45) is 0 Å². The van der Waals surface area contributed by atoms with E-state index in [1.165, 1.54) is 17.2 Å². The third-order valence-electron chi connectivity index (χ3n) is 3.33. The van der Waals surface area contributed by atoms with E-state index in [1.54, 1.807) is 0 Å². The normalized spacial score (nSPS) is 13.2. The fourth-order valence-corrected chi connectivity index (χ4v) is 4.66. The zero-order valence-electron chi connectivity index (χ0n) is 13.1. The standard InChI is InChI=1S/C16H27NOSi/c1-7-17-16(18)14-9-8-12(2)15(10-14)13(3)11-19(4,5)6/h8-10,13H,7,11H2,1-6H3,(H,17,18). The number of benzene rings is 1. The van der Waals surface area contributed by atoms with Crippen LogP contribution in [0.4, 0.5) is 0 Å². The average Bonchev–Trinajstić information content (AvgIpc) is 2.27. The first kappa shape index (κ1) is 16.0. The first-order valence-electron chi connectivity index (χ1n) is 7.13. The van der Waals surface area contributed by atoms with Crippen molar-refractivity contribution in [3.63, 3.8) is 0 Å². The number of rotatable bonds is 5. The number of carbonyl (C=O) groups excluding carboxylic acids is 1. The molecule has 0 aliphatic carbocycles. The van der Waals surface area contributed by atoms with E-state index in [0.717, 1.165) is 5.56 Å². The van der Waals surface area contributed by atoms with Crippen molar-refractivity contribution in [1.29, 1.82) is 0 Å². The van der Waals surface area contributed by atoms with Gasteiger partial charge < -0.3 is 5.32 Å². The number of nitrogens with one attached hydrogen (secondary N) is 1. The highest BCUT2D eigenvalue weighted by molar-refractivity contribution is 6.76. The molecule has 0 heterocycles. The second kappa shape index (κ2) is 6.37. The van der Waals surface area contributed by atoms with Crippen molar-refractivity contribution in [3.05, 3.63) is 34.9 Å². The molecule has 1 unspecified atom stereocenters. The van der Waals surface area contributed by atoms with Crippen LogP contribution in [-0.4, -0.2) is 20.5 Å². The van der Waals surface area contributed by atoms with E-state index in [9.17, 15) is 4.79 Å². The van der Waals surface area contributed by atoms with Crippen molar-refractivity contribution in [1.82, 2.24) is 5.32 Å². The third-order valence-corrected chi connectivity index (χ3v) is 5.17. The van der Waals surface area contributed by atoms with Gasteiger partial charge in [-0.1, -0.05) is 38.7 Å². The molecule has 1 N–H and O–H groups in total. The monoisotopic (exact) mass is 277 g/mol. The van der Waals surface area contributed by atoms with Crippen LogP contribution < -0.4 is 5.32 Å². The third kappa shape index (κ3) is 4.82. The summed E-state index contributed by atoms with van der Waals surface area (Å²) in [6.07, 6.45) is 0. The summed E-state index contributed by atoms with van der Waals surface area (Å²) in [6, 6.07) is 7.32. The molecule has 1 amide bonds. The van der Waals surface area contributed by atoms with Gasteiger partial charge in [-0.2, -0.15) is 0 Å². The highest BCUT2D eigenvalue weighted by Crippen LogP contribution is 2.29. The Kier molecular flexibility index (Phi) is 5.35. The molecular weight excluding hydrogens is 250 g/mol. The molecule has 1 aromatic carbocycles. The Bertz CT molecular complexity index is 449. The number of aryl methyl sites for hydroxylation is 1. The van der Waals surface area contributed by atoms with Crippen LogP contribution >= 0.6 is 0 Å². The summed E-state index contributed by atoms with van der Waals surface area (Å²) in [6.45, 7) is 14.2. The van der Waals surface area contributed by atoms with Crippen molar-refractivity contribution in [3.8, 4) is 0 Å². The van der Waals surface area contributed by atoms with Gasteiger partial charge in [-0.15, -0.1) is 0 Å². The maximum absolute atomic E-state index is 11.9. The van der Waals surface area contributed by atoms with Crippen LogP contribution in [0.5, 0.6) is 0 Å². The molecule has 2 nitrogen and oxygen atoms in total. The molecule has 0 bridgehead atoms. The molecule has 0 fully saturated rings. The Labute approximate surface area is 118 Å². The van der Waals surface area contributed by atoms with Crippen molar-refractivity contribution in [2.45, 2.75) is 52.4 Å². The Morgan fingerprint density at radius 3 is 2.47 bits per heavy atom. The lowest BCUT2D eigenvalue weighted by atomic mass is 9.95. The molecular formula is C16H27NOSi. The van der Waals surface area contributed by atoms with Gasteiger partial charge in [0.1, 0.15) is 0 Å². The van der Waals surface area contributed by atoms with Gasteiger partial charge in [0.2, 0.25) is 0 Å². The van der Waals surface area contributed by atoms with Gasteiger partial charge in [0.25, 0.3) is 5.91 Å². The van der Waals surface area contributed by atoms with Crippen molar-refractivity contribution < 1.29 is 4.79 Å². The number of hydrogen-bond donors (Lipinski definition) is 1. The van der Waals surface area contributed by atoms with Crippen LogP contribution in [0.25, 0.3) is 0 Å². The van der Waals surface area contributed by atoms with E-state index in [0.29, 0.717) is 12.5 Å². The van der Waals surface area contributed by atoms with Crippen LogP contribution in [0.2, 0.25) is 25.7 Å². The molecule has 0 saturated carbocycles. The van der Waals surface area contributed by atoms with Gasteiger partial charge in [0.05, 0.1) is 0 Å². The lowest BCUT2D eigenvalue weighted by Crippen LogP contribution is -2.24. The van der Waals surface area contributed by atoms with Crippen LogP contribution in [0.15, 0.2) is 18.2 Å². The molecule has 3 heteroatoms. The van der Waals surface area contributed by atoms with Gasteiger partial charge in [-0.25, -0.2) is 0 Å². The summed E-state index contributed by atoms with van der Waals surface area (Å²) in [5.41, 5.74) is 3.40. The lowest BCUT2D eigenvalue weighted by molar-refractivity contribution is 0.0955. The highest BCUT2D eigenvalue weighted by atomic mass is 28.3. The van der Waals surface area contributed by atoms with E-state index in [4.69, 9.17) is 0 Å². The highest BCUT2D eigenvalue weighted by Gasteiger charge is 2.20. The van der Waals surface area contributed by atoms with E-state index >= 15 is 0 Å². The molecule has 0 saturated heterocycles. The second-order valence-corrected chi connectivity index (χ2v) is 12.1. The predicted octanol–water partition coefficient (Wildman–Crippen LogP) is 4.19. The molecule has 0 spiro atoms. The first-order valence-corrected chi connectivity index (χ1v) is 10.8. The molecule has 0 radical (unpaired) electrons. The topological polar surface area (TPSA) is 29.1 Å². The average molecular weight is 277 g/mol.